The average Bonchev–Trinajstić information content (AvgIpc) is 2.23. The van der Waals surface area contributed by atoms with Gasteiger partial charge in [0.05, 0.1) is 22.7 Å². The molecule has 0 radical (unpaired) electrons. The number of nitrogens with one attached hydrogen (secondary N) is 1. The number of rotatable bonds is 4. The molecule has 0 heterocycles. The zero-order chi connectivity index (χ0) is 14.1. The van der Waals surface area contributed by atoms with Gasteiger partial charge in [-0.15, -0.1) is 0 Å². The Hall–Kier alpha value is -1.18. The van der Waals surface area contributed by atoms with Gasteiger partial charge in [0.2, 0.25) is 10.0 Å². The maximum atomic E-state index is 13.3. The molecule has 1 aromatic carbocycles. The molecule has 18 heavy (non-hydrogen) atoms. The molecule has 0 atom stereocenters. The van der Waals surface area contributed by atoms with Gasteiger partial charge in [-0.05, 0) is 38.5 Å². The van der Waals surface area contributed by atoms with Crippen molar-refractivity contribution in [3.05, 3.63) is 23.5 Å². The second kappa shape index (κ2) is 4.83. The van der Waals surface area contributed by atoms with Crippen LogP contribution in [0.15, 0.2) is 17.0 Å². The third kappa shape index (κ3) is 3.18. The molecule has 4 N–H and O–H groups in total. The predicted molar refractivity (Wildman–Crippen MR) is 67.0 cm³/mol. The first-order chi connectivity index (χ1) is 8.09. The molecule has 1 rings (SSSR count). The number of anilines is 1. The number of aryl methyl sites for hydroxylation is 1. The highest BCUT2D eigenvalue weighted by atomic mass is 32.2. The fourth-order valence-corrected chi connectivity index (χ4v) is 2.90. The van der Waals surface area contributed by atoms with E-state index < -0.39 is 21.4 Å². The van der Waals surface area contributed by atoms with Gasteiger partial charge in [-0.3, -0.25) is 0 Å². The first-order valence-electron chi connectivity index (χ1n) is 5.29. The van der Waals surface area contributed by atoms with Crippen LogP contribution in [0.1, 0.15) is 19.4 Å². The molecule has 0 aromatic heterocycles. The minimum absolute atomic E-state index is 0.125. The van der Waals surface area contributed by atoms with Crippen molar-refractivity contribution in [1.82, 2.24) is 4.72 Å². The maximum absolute atomic E-state index is 13.3. The molecule has 0 aliphatic rings. The molecule has 102 valence electrons. The summed E-state index contributed by atoms with van der Waals surface area (Å²) in [5.74, 6) is -0.629. The number of aliphatic hydroxyl groups is 1. The van der Waals surface area contributed by atoms with Crippen molar-refractivity contribution in [2.75, 3.05) is 12.3 Å². The normalized spacial score (nSPS) is 12.7. The van der Waals surface area contributed by atoms with Crippen LogP contribution < -0.4 is 10.5 Å². The fraction of sp³-hybridized carbons (Fsp3) is 0.455. The molecular weight excluding hydrogens is 259 g/mol. The largest absolute Gasteiger partial charge is 0.396 e. The van der Waals surface area contributed by atoms with Crippen LogP contribution in [0.2, 0.25) is 0 Å². The van der Waals surface area contributed by atoms with Gasteiger partial charge in [0.15, 0.2) is 0 Å². The molecule has 0 saturated carbocycles. The van der Waals surface area contributed by atoms with Crippen molar-refractivity contribution < 1.29 is 17.9 Å². The third-order valence-corrected chi connectivity index (χ3v) is 4.05. The number of benzene rings is 1. The molecule has 0 spiro atoms. The highest BCUT2D eigenvalue weighted by Crippen LogP contribution is 2.21. The first kappa shape index (κ1) is 14.9. The van der Waals surface area contributed by atoms with Crippen molar-refractivity contribution in [3.8, 4) is 0 Å². The van der Waals surface area contributed by atoms with E-state index in [4.69, 9.17) is 10.8 Å². The van der Waals surface area contributed by atoms with Gasteiger partial charge in [0, 0.05) is 0 Å². The summed E-state index contributed by atoms with van der Waals surface area (Å²) in [5, 5.41) is 9.05. The number of sulfonamides is 1. The van der Waals surface area contributed by atoms with Crippen LogP contribution in [0.3, 0.4) is 0 Å². The Morgan fingerprint density at radius 3 is 2.44 bits per heavy atom. The van der Waals surface area contributed by atoms with E-state index in [2.05, 4.69) is 4.72 Å². The molecule has 7 heteroatoms. The molecule has 1 aromatic rings. The number of nitrogens with two attached hydrogens (primary N) is 1. The van der Waals surface area contributed by atoms with Crippen molar-refractivity contribution in [3.63, 3.8) is 0 Å². The smallest absolute Gasteiger partial charge is 0.241 e. The summed E-state index contributed by atoms with van der Waals surface area (Å²) < 4.78 is 39.7. The quantitative estimate of drug-likeness (QED) is 0.708. The van der Waals surface area contributed by atoms with E-state index in [1.165, 1.54) is 26.8 Å². The lowest BCUT2D eigenvalue weighted by atomic mass is 10.1. The molecule has 0 fully saturated rings. The third-order valence-electron chi connectivity index (χ3n) is 2.37. The first-order valence-corrected chi connectivity index (χ1v) is 6.78. The van der Waals surface area contributed by atoms with E-state index >= 15 is 0 Å². The summed E-state index contributed by atoms with van der Waals surface area (Å²) in [6.07, 6.45) is 0. The average molecular weight is 276 g/mol. The summed E-state index contributed by atoms with van der Waals surface area (Å²) >= 11 is 0. The Morgan fingerprint density at radius 2 is 2.00 bits per heavy atom. The second-order valence-corrected chi connectivity index (χ2v) is 6.47. The van der Waals surface area contributed by atoms with E-state index in [-0.39, 0.29) is 22.8 Å². The molecule has 0 aliphatic heterocycles. The fourth-order valence-electron chi connectivity index (χ4n) is 1.37. The monoisotopic (exact) mass is 276 g/mol. The zero-order valence-corrected chi connectivity index (χ0v) is 11.3. The van der Waals surface area contributed by atoms with Crippen molar-refractivity contribution in [1.29, 1.82) is 0 Å². The molecular formula is C11H17FN2O3S. The van der Waals surface area contributed by atoms with E-state index in [0.717, 1.165) is 6.07 Å². The highest BCUT2D eigenvalue weighted by molar-refractivity contribution is 7.89. The Kier molecular flexibility index (Phi) is 3.99. The maximum Gasteiger partial charge on any atom is 0.241 e. The Bertz CT molecular complexity index is 532. The Labute approximate surface area is 106 Å². The topological polar surface area (TPSA) is 92.4 Å². The summed E-state index contributed by atoms with van der Waals surface area (Å²) in [6.45, 7) is 4.14. The number of hydrogen-bond donors (Lipinski definition) is 3. The van der Waals surface area contributed by atoms with E-state index in [1.807, 2.05) is 0 Å². The standard InChI is InChI=1S/C11H17FN2O3S/c1-7-4-8(5-9(13)10(7)12)18(16,17)14-11(2,3)6-15/h4-5,14-15H,6,13H2,1-3H3. The number of aliphatic hydroxyl groups excluding tert-OH is 1. The van der Waals surface area contributed by atoms with E-state index in [1.54, 1.807) is 0 Å². The van der Waals surface area contributed by atoms with Gasteiger partial charge in [-0.25, -0.2) is 17.5 Å². The van der Waals surface area contributed by atoms with E-state index in [9.17, 15) is 12.8 Å². The van der Waals surface area contributed by atoms with Crippen LogP contribution in [0.5, 0.6) is 0 Å². The molecule has 0 saturated heterocycles. The lowest BCUT2D eigenvalue weighted by Gasteiger charge is -2.23. The van der Waals surface area contributed by atoms with Gasteiger partial charge in [0.25, 0.3) is 0 Å². The van der Waals surface area contributed by atoms with Crippen LogP contribution in [0, 0.1) is 12.7 Å². The van der Waals surface area contributed by atoms with Crippen LogP contribution in [0.4, 0.5) is 10.1 Å². The van der Waals surface area contributed by atoms with Gasteiger partial charge in [0.1, 0.15) is 5.82 Å². The van der Waals surface area contributed by atoms with Crippen LogP contribution in [-0.4, -0.2) is 25.7 Å². The van der Waals surface area contributed by atoms with Gasteiger partial charge < -0.3 is 10.8 Å². The van der Waals surface area contributed by atoms with Crippen molar-refractivity contribution >= 4 is 15.7 Å². The molecule has 0 bridgehead atoms. The molecule has 0 unspecified atom stereocenters. The molecule has 5 nitrogen and oxygen atoms in total. The number of nitrogen functional groups attached to an aromatic ring is 1. The Balaban J connectivity index is 3.22. The van der Waals surface area contributed by atoms with Crippen molar-refractivity contribution in [2.45, 2.75) is 31.2 Å². The SMILES string of the molecule is Cc1cc(S(=O)(=O)NC(C)(C)CO)cc(N)c1F. The van der Waals surface area contributed by atoms with E-state index in [0.29, 0.717) is 0 Å². The van der Waals surface area contributed by atoms with Crippen LogP contribution >= 0.6 is 0 Å². The number of halogens is 1. The summed E-state index contributed by atoms with van der Waals surface area (Å²) in [4.78, 5) is -0.125. The zero-order valence-electron chi connectivity index (χ0n) is 10.5. The summed E-state index contributed by atoms with van der Waals surface area (Å²) in [6, 6.07) is 2.25. The van der Waals surface area contributed by atoms with Crippen molar-refractivity contribution in [2.24, 2.45) is 0 Å². The summed E-state index contributed by atoms with van der Waals surface area (Å²) in [7, 11) is -3.85. The predicted octanol–water partition coefficient (Wildman–Crippen LogP) is 0.766. The van der Waals surface area contributed by atoms with Gasteiger partial charge in [-0.2, -0.15) is 0 Å². The Morgan fingerprint density at radius 1 is 1.44 bits per heavy atom. The minimum Gasteiger partial charge on any atom is -0.396 e. The second-order valence-electron chi connectivity index (χ2n) is 4.79. The van der Waals surface area contributed by atoms with Gasteiger partial charge >= 0.3 is 0 Å². The summed E-state index contributed by atoms with van der Waals surface area (Å²) in [5.41, 5.74) is 4.32. The number of hydrogen-bond acceptors (Lipinski definition) is 4. The van der Waals surface area contributed by atoms with Crippen LogP contribution in [-0.2, 0) is 10.0 Å². The van der Waals surface area contributed by atoms with Crippen LogP contribution in [0.25, 0.3) is 0 Å². The minimum atomic E-state index is -3.85. The highest BCUT2D eigenvalue weighted by Gasteiger charge is 2.26. The molecule has 0 aliphatic carbocycles. The lowest BCUT2D eigenvalue weighted by Crippen LogP contribution is -2.46. The lowest BCUT2D eigenvalue weighted by molar-refractivity contribution is 0.208. The van der Waals surface area contributed by atoms with Gasteiger partial charge in [-0.1, -0.05) is 0 Å². The molecule has 0 amide bonds.